The lowest BCUT2D eigenvalue weighted by atomic mass is 10.2. The molecular weight excluding hydrogens is 384 g/mol. The lowest BCUT2D eigenvalue weighted by Gasteiger charge is -2.09. The molecule has 1 amide bonds. The van der Waals surface area contributed by atoms with E-state index in [1.807, 2.05) is 30.3 Å². The highest BCUT2D eigenvalue weighted by atomic mass is 16.6. The standard InChI is InChI=1S/C22H18N4O4/c27-22(14-25-21-12-19(26(28)29)9-6-17(21)13-23-25)24-18-7-10-20(11-8-18)30-15-16-4-2-1-3-5-16/h1-13H,14-15H2,(H,24,27). The van der Waals surface area contributed by atoms with Crippen molar-refractivity contribution in [2.75, 3.05) is 5.32 Å². The Bertz CT molecular complexity index is 1190. The number of nitrogens with one attached hydrogen (secondary N) is 1. The molecule has 4 rings (SSSR count). The Kier molecular flexibility index (Phi) is 5.38. The molecule has 0 aliphatic heterocycles. The Morgan fingerprint density at radius 3 is 2.57 bits per heavy atom. The number of rotatable bonds is 7. The van der Waals surface area contributed by atoms with Crippen LogP contribution in [0.1, 0.15) is 5.56 Å². The maximum Gasteiger partial charge on any atom is 0.271 e. The van der Waals surface area contributed by atoms with Crippen LogP contribution in [0.2, 0.25) is 0 Å². The van der Waals surface area contributed by atoms with E-state index < -0.39 is 4.92 Å². The molecule has 1 N–H and O–H groups in total. The van der Waals surface area contributed by atoms with Gasteiger partial charge in [0.25, 0.3) is 5.69 Å². The molecule has 8 heteroatoms. The van der Waals surface area contributed by atoms with E-state index >= 15 is 0 Å². The van der Waals surface area contributed by atoms with E-state index in [1.54, 1.807) is 36.5 Å². The predicted molar refractivity (Wildman–Crippen MR) is 112 cm³/mol. The Balaban J connectivity index is 1.37. The van der Waals surface area contributed by atoms with Crippen molar-refractivity contribution in [1.82, 2.24) is 9.78 Å². The van der Waals surface area contributed by atoms with Crippen LogP contribution in [0.3, 0.4) is 0 Å². The number of carbonyl (C=O) groups excluding carboxylic acids is 1. The summed E-state index contributed by atoms with van der Waals surface area (Å²) in [6, 6.07) is 21.4. The maximum absolute atomic E-state index is 12.4. The van der Waals surface area contributed by atoms with Crippen LogP contribution in [0.5, 0.6) is 5.75 Å². The molecule has 4 aromatic rings. The number of nitro benzene ring substituents is 1. The quantitative estimate of drug-likeness (QED) is 0.370. The number of amides is 1. The lowest BCUT2D eigenvalue weighted by molar-refractivity contribution is -0.384. The normalized spacial score (nSPS) is 10.7. The van der Waals surface area contributed by atoms with Gasteiger partial charge < -0.3 is 10.1 Å². The molecule has 0 radical (unpaired) electrons. The fourth-order valence-electron chi connectivity index (χ4n) is 3.01. The van der Waals surface area contributed by atoms with Crippen molar-refractivity contribution < 1.29 is 14.5 Å². The number of hydrogen-bond acceptors (Lipinski definition) is 5. The van der Waals surface area contributed by atoms with Crippen molar-refractivity contribution in [3.63, 3.8) is 0 Å². The monoisotopic (exact) mass is 402 g/mol. The zero-order chi connectivity index (χ0) is 20.9. The minimum atomic E-state index is -0.474. The highest BCUT2D eigenvalue weighted by Crippen LogP contribution is 2.21. The van der Waals surface area contributed by atoms with Gasteiger partial charge >= 0.3 is 0 Å². The van der Waals surface area contributed by atoms with E-state index in [2.05, 4.69) is 10.4 Å². The van der Waals surface area contributed by atoms with Gasteiger partial charge in [-0.2, -0.15) is 5.10 Å². The number of anilines is 1. The second-order valence-electron chi connectivity index (χ2n) is 6.65. The van der Waals surface area contributed by atoms with Crippen molar-refractivity contribution in [2.24, 2.45) is 0 Å². The van der Waals surface area contributed by atoms with Crippen molar-refractivity contribution >= 4 is 28.2 Å². The average molecular weight is 402 g/mol. The Morgan fingerprint density at radius 2 is 1.83 bits per heavy atom. The van der Waals surface area contributed by atoms with Gasteiger partial charge in [-0.05, 0) is 35.9 Å². The van der Waals surface area contributed by atoms with Crippen LogP contribution < -0.4 is 10.1 Å². The number of nitrogens with zero attached hydrogens (tertiary/aromatic N) is 3. The molecule has 30 heavy (non-hydrogen) atoms. The first-order chi connectivity index (χ1) is 14.6. The van der Waals surface area contributed by atoms with Gasteiger partial charge in [-0.25, -0.2) is 0 Å². The second-order valence-corrected chi connectivity index (χ2v) is 6.65. The van der Waals surface area contributed by atoms with E-state index in [9.17, 15) is 14.9 Å². The van der Waals surface area contributed by atoms with E-state index in [-0.39, 0.29) is 18.1 Å². The van der Waals surface area contributed by atoms with Crippen molar-refractivity contribution in [3.8, 4) is 5.75 Å². The largest absolute Gasteiger partial charge is 0.489 e. The first-order valence-corrected chi connectivity index (χ1v) is 9.25. The number of nitro groups is 1. The molecule has 0 bridgehead atoms. The Morgan fingerprint density at radius 1 is 1.07 bits per heavy atom. The molecule has 0 aliphatic rings. The molecule has 1 heterocycles. The molecule has 150 valence electrons. The molecule has 0 aliphatic carbocycles. The third-order valence-electron chi connectivity index (χ3n) is 4.52. The summed E-state index contributed by atoms with van der Waals surface area (Å²) in [5, 5.41) is 18.7. The molecule has 0 saturated heterocycles. The first-order valence-electron chi connectivity index (χ1n) is 9.25. The summed E-state index contributed by atoms with van der Waals surface area (Å²) >= 11 is 0. The van der Waals surface area contributed by atoms with Crippen LogP contribution in [0.25, 0.3) is 10.9 Å². The van der Waals surface area contributed by atoms with Gasteiger partial charge in [-0.1, -0.05) is 30.3 Å². The number of aromatic nitrogens is 2. The molecule has 0 atom stereocenters. The lowest BCUT2D eigenvalue weighted by Crippen LogP contribution is -2.19. The van der Waals surface area contributed by atoms with Gasteiger partial charge in [0.15, 0.2) is 0 Å². The summed E-state index contributed by atoms with van der Waals surface area (Å²) in [6.45, 7) is 0.405. The SMILES string of the molecule is O=C(Cn1ncc2ccc([N+](=O)[O-])cc21)Nc1ccc(OCc2ccccc2)cc1. The number of ether oxygens (including phenoxy) is 1. The minimum Gasteiger partial charge on any atom is -0.489 e. The van der Waals surface area contributed by atoms with Crippen LogP contribution in [-0.2, 0) is 17.9 Å². The summed E-state index contributed by atoms with van der Waals surface area (Å²) < 4.78 is 7.17. The summed E-state index contributed by atoms with van der Waals surface area (Å²) in [4.78, 5) is 22.9. The molecule has 0 unspecified atom stereocenters. The molecule has 0 fully saturated rings. The van der Waals surface area contributed by atoms with Gasteiger partial charge in [-0.3, -0.25) is 19.6 Å². The molecule has 8 nitrogen and oxygen atoms in total. The van der Waals surface area contributed by atoms with E-state index in [4.69, 9.17) is 4.74 Å². The predicted octanol–water partition coefficient (Wildman–Crippen LogP) is 4.16. The zero-order valence-electron chi connectivity index (χ0n) is 15.9. The van der Waals surface area contributed by atoms with Gasteiger partial charge in [-0.15, -0.1) is 0 Å². The summed E-state index contributed by atoms with van der Waals surface area (Å²) in [5.41, 5.74) is 2.18. The molecule has 1 aromatic heterocycles. The Labute approximate surface area is 171 Å². The van der Waals surface area contributed by atoms with Crippen LogP contribution in [0.4, 0.5) is 11.4 Å². The highest BCUT2D eigenvalue weighted by Gasteiger charge is 2.12. The van der Waals surface area contributed by atoms with E-state index in [0.29, 0.717) is 23.6 Å². The summed E-state index contributed by atoms with van der Waals surface area (Å²) in [5.74, 6) is 0.409. The number of hydrogen-bond donors (Lipinski definition) is 1. The number of benzene rings is 3. The number of fused-ring (bicyclic) bond motifs is 1. The van der Waals surface area contributed by atoms with Crippen LogP contribution in [0.15, 0.2) is 79.0 Å². The zero-order valence-corrected chi connectivity index (χ0v) is 15.9. The molecule has 0 saturated carbocycles. The smallest absolute Gasteiger partial charge is 0.271 e. The maximum atomic E-state index is 12.4. The first kappa shape index (κ1) is 19.1. The second kappa shape index (κ2) is 8.44. The third-order valence-corrected chi connectivity index (χ3v) is 4.52. The van der Waals surface area contributed by atoms with Crippen molar-refractivity contribution in [1.29, 1.82) is 0 Å². The fourth-order valence-corrected chi connectivity index (χ4v) is 3.01. The summed E-state index contributed by atoms with van der Waals surface area (Å²) in [7, 11) is 0. The van der Waals surface area contributed by atoms with Crippen molar-refractivity contribution in [2.45, 2.75) is 13.2 Å². The van der Waals surface area contributed by atoms with Crippen LogP contribution in [-0.4, -0.2) is 20.6 Å². The van der Waals surface area contributed by atoms with Gasteiger partial charge in [0.2, 0.25) is 5.91 Å². The molecule has 3 aromatic carbocycles. The van der Waals surface area contributed by atoms with E-state index in [1.165, 1.54) is 16.8 Å². The third kappa shape index (κ3) is 4.44. The average Bonchev–Trinajstić information content (AvgIpc) is 3.16. The number of non-ortho nitro benzene ring substituents is 1. The van der Waals surface area contributed by atoms with Crippen LogP contribution in [0, 0.1) is 10.1 Å². The van der Waals surface area contributed by atoms with Crippen molar-refractivity contribution in [3.05, 3.63) is 94.7 Å². The Hall–Kier alpha value is -4.20. The van der Waals surface area contributed by atoms with Gasteiger partial charge in [0.05, 0.1) is 16.6 Å². The fraction of sp³-hybridized carbons (Fsp3) is 0.0909. The van der Waals surface area contributed by atoms with Crippen LogP contribution >= 0.6 is 0 Å². The highest BCUT2D eigenvalue weighted by molar-refractivity contribution is 5.92. The summed E-state index contributed by atoms with van der Waals surface area (Å²) in [6.07, 6.45) is 1.57. The number of carbonyl (C=O) groups is 1. The van der Waals surface area contributed by atoms with Gasteiger partial charge in [0.1, 0.15) is 18.9 Å². The molecule has 0 spiro atoms. The topological polar surface area (TPSA) is 99.3 Å². The van der Waals surface area contributed by atoms with Gasteiger partial charge in [0, 0.05) is 23.2 Å². The van der Waals surface area contributed by atoms with E-state index in [0.717, 1.165) is 10.9 Å². The minimum absolute atomic E-state index is 0.0456. The molecular formula is C22H18N4O4.